The molecular formula is C22H22Cl4N4O4S2. The van der Waals surface area contributed by atoms with Gasteiger partial charge in [-0.2, -0.15) is 0 Å². The number of hydrogen-bond acceptors (Lipinski definition) is 8. The Bertz CT molecular complexity index is 1050. The zero-order chi connectivity index (χ0) is 26.5. The Morgan fingerprint density at radius 3 is 1.44 bits per heavy atom. The number of hydrogen-bond donors (Lipinski definition) is 4. The van der Waals surface area contributed by atoms with Crippen LogP contribution in [0.5, 0.6) is 0 Å². The van der Waals surface area contributed by atoms with Gasteiger partial charge in [-0.15, -0.1) is 0 Å². The lowest BCUT2D eigenvalue weighted by Gasteiger charge is -2.09. The topological polar surface area (TPSA) is 123 Å². The first-order chi connectivity index (χ1) is 17.2. The van der Waals surface area contributed by atoms with E-state index in [0.717, 1.165) is 0 Å². The van der Waals surface area contributed by atoms with Gasteiger partial charge in [-0.25, -0.2) is 0 Å². The van der Waals surface area contributed by atoms with Crippen LogP contribution in [0.2, 0.25) is 20.1 Å². The molecule has 4 N–H and O–H groups in total. The second-order valence-electron chi connectivity index (χ2n) is 7.07. The van der Waals surface area contributed by atoms with Crippen LogP contribution >= 0.6 is 68.0 Å². The third-order valence-electron chi connectivity index (χ3n) is 4.54. The maximum atomic E-state index is 12.2. The minimum atomic E-state index is -0.502. The van der Waals surface area contributed by atoms with Crippen LogP contribution in [0.1, 0.15) is 11.1 Å². The first-order valence-electron chi connectivity index (χ1n) is 10.4. The summed E-state index contributed by atoms with van der Waals surface area (Å²) in [4.78, 5) is 24.5. The van der Waals surface area contributed by atoms with Crippen molar-refractivity contribution in [2.75, 3.05) is 24.6 Å². The summed E-state index contributed by atoms with van der Waals surface area (Å²) in [6, 6.07) is 9.70. The van der Waals surface area contributed by atoms with Crippen molar-refractivity contribution in [3.05, 3.63) is 67.6 Å². The van der Waals surface area contributed by atoms with Crippen LogP contribution < -0.4 is 10.6 Å². The van der Waals surface area contributed by atoms with Crippen molar-refractivity contribution in [3.63, 3.8) is 0 Å². The molecule has 0 unspecified atom stereocenters. The molecule has 0 saturated carbocycles. The van der Waals surface area contributed by atoms with E-state index in [9.17, 15) is 20.0 Å². The molecule has 36 heavy (non-hydrogen) atoms. The largest absolute Gasteiger partial charge is 0.410 e. The molecule has 14 heteroatoms. The lowest BCUT2D eigenvalue weighted by atomic mass is 10.1. The Hall–Kier alpha value is -1.82. The normalized spacial score (nSPS) is 11.9. The van der Waals surface area contributed by atoms with Crippen molar-refractivity contribution < 1.29 is 20.0 Å². The average molecular weight is 612 g/mol. The van der Waals surface area contributed by atoms with Crippen molar-refractivity contribution >= 4 is 91.2 Å². The second kappa shape index (κ2) is 16.1. The van der Waals surface area contributed by atoms with E-state index in [1.165, 1.54) is 21.6 Å². The highest BCUT2D eigenvalue weighted by Crippen LogP contribution is 2.23. The third-order valence-corrected chi connectivity index (χ3v) is 8.12. The van der Waals surface area contributed by atoms with Crippen LogP contribution in [-0.2, 0) is 22.4 Å². The SMILES string of the molecule is O=C(NCCSSCCNC(=O)/C(Cc1ccc(Cl)cc1Cl)=N/O)/C(Cc1ccc(Cl)cc1Cl)=N/O. The molecule has 0 radical (unpaired) electrons. The van der Waals surface area contributed by atoms with E-state index in [1.54, 1.807) is 36.4 Å². The van der Waals surface area contributed by atoms with E-state index < -0.39 is 11.8 Å². The van der Waals surface area contributed by atoms with Gasteiger partial charge < -0.3 is 21.0 Å². The number of nitrogens with zero attached hydrogens (tertiary/aromatic N) is 2. The first-order valence-corrected chi connectivity index (χ1v) is 14.4. The van der Waals surface area contributed by atoms with Crippen LogP contribution in [0, 0.1) is 0 Å². The smallest absolute Gasteiger partial charge is 0.269 e. The lowest BCUT2D eigenvalue weighted by Crippen LogP contribution is -2.34. The van der Waals surface area contributed by atoms with Crippen molar-refractivity contribution in [2.45, 2.75) is 12.8 Å². The van der Waals surface area contributed by atoms with Gasteiger partial charge in [0.2, 0.25) is 0 Å². The number of oxime groups is 2. The van der Waals surface area contributed by atoms with E-state index in [4.69, 9.17) is 46.4 Å². The van der Waals surface area contributed by atoms with Crippen molar-refractivity contribution in [3.8, 4) is 0 Å². The molecule has 0 aromatic heterocycles. The van der Waals surface area contributed by atoms with Gasteiger partial charge in [0, 0.05) is 57.5 Å². The van der Waals surface area contributed by atoms with Gasteiger partial charge in [0.15, 0.2) is 0 Å². The van der Waals surface area contributed by atoms with Gasteiger partial charge in [-0.3, -0.25) is 9.59 Å². The minimum absolute atomic E-state index is 0.0588. The van der Waals surface area contributed by atoms with Gasteiger partial charge >= 0.3 is 0 Å². The van der Waals surface area contributed by atoms with Gasteiger partial charge in [-0.05, 0) is 35.4 Å². The van der Waals surface area contributed by atoms with Crippen LogP contribution in [0.4, 0.5) is 0 Å². The van der Waals surface area contributed by atoms with Crippen molar-refractivity contribution in [1.82, 2.24) is 10.6 Å². The van der Waals surface area contributed by atoms with Crippen LogP contribution in [0.25, 0.3) is 0 Å². The molecular weight excluding hydrogens is 590 g/mol. The summed E-state index contributed by atoms with van der Waals surface area (Å²) in [5.74, 6) is 0.169. The molecule has 2 aromatic carbocycles. The lowest BCUT2D eigenvalue weighted by molar-refractivity contribution is -0.115. The van der Waals surface area contributed by atoms with E-state index in [0.29, 0.717) is 55.8 Å². The Morgan fingerprint density at radius 2 is 1.11 bits per heavy atom. The standard InChI is InChI=1S/C22H22Cl4N4O4S2/c23-15-3-1-13(17(25)11-15)9-19(29-33)21(31)27-5-7-35-36-8-6-28-22(32)20(30-34)10-14-2-4-16(24)12-18(14)26/h1-4,11-12,33-34H,5-10H2,(H,27,31)(H,28,32)/b29-19+,30-20+. The molecule has 0 saturated heterocycles. The number of halogens is 4. The molecule has 0 aliphatic rings. The zero-order valence-electron chi connectivity index (χ0n) is 18.6. The fourth-order valence-electron chi connectivity index (χ4n) is 2.75. The van der Waals surface area contributed by atoms with Crippen molar-refractivity contribution in [2.24, 2.45) is 10.3 Å². The number of nitrogens with one attached hydrogen (secondary N) is 2. The van der Waals surface area contributed by atoms with E-state index in [1.807, 2.05) is 0 Å². The highest BCUT2D eigenvalue weighted by atomic mass is 35.5. The molecule has 2 rings (SSSR count). The third kappa shape index (κ3) is 10.3. The second-order valence-corrected chi connectivity index (χ2v) is 11.5. The molecule has 0 aliphatic heterocycles. The molecule has 2 amide bonds. The van der Waals surface area contributed by atoms with Crippen molar-refractivity contribution in [1.29, 1.82) is 0 Å². The Balaban J connectivity index is 1.63. The molecule has 0 aliphatic carbocycles. The quantitative estimate of drug-likeness (QED) is 0.0795. The molecule has 0 atom stereocenters. The monoisotopic (exact) mass is 610 g/mol. The summed E-state index contributed by atoms with van der Waals surface area (Å²) in [6.45, 7) is 0.693. The average Bonchev–Trinajstić information content (AvgIpc) is 2.84. The minimum Gasteiger partial charge on any atom is -0.410 e. The number of carbonyl (C=O) groups excluding carboxylic acids is 2. The Labute approximate surface area is 236 Å². The summed E-state index contributed by atoms with van der Waals surface area (Å²) in [6.07, 6.45) is 0.118. The van der Waals surface area contributed by atoms with Crippen LogP contribution in [0.3, 0.4) is 0 Å². The summed E-state index contributed by atoms with van der Waals surface area (Å²) in [5.41, 5.74) is 1.09. The zero-order valence-corrected chi connectivity index (χ0v) is 23.3. The highest BCUT2D eigenvalue weighted by molar-refractivity contribution is 8.76. The van der Waals surface area contributed by atoms with Crippen LogP contribution in [-0.4, -0.2) is 58.2 Å². The maximum Gasteiger partial charge on any atom is 0.269 e. The summed E-state index contributed by atoms with van der Waals surface area (Å²) < 4.78 is 0. The fraction of sp³-hybridized carbons (Fsp3) is 0.273. The molecule has 0 bridgehead atoms. The van der Waals surface area contributed by atoms with Gasteiger partial charge in [0.1, 0.15) is 11.4 Å². The number of benzene rings is 2. The fourth-order valence-corrected chi connectivity index (χ4v) is 5.51. The van der Waals surface area contributed by atoms with Gasteiger partial charge in [-0.1, -0.05) is 90.4 Å². The Morgan fingerprint density at radius 1 is 0.722 bits per heavy atom. The van der Waals surface area contributed by atoms with E-state index >= 15 is 0 Å². The summed E-state index contributed by atoms with van der Waals surface area (Å²) >= 11 is 23.9. The first kappa shape index (κ1) is 30.4. The molecule has 0 fully saturated rings. The molecule has 0 heterocycles. The predicted octanol–water partition coefficient (Wildman–Crippen LogP) is 5.36. The number of rotatable bonds is 13. The van der Waals surface area contributed by atoms with E-state index in [2.05, 4.69) is 20.9 Å². The predicted molar refractivity (Wildman–Crippen MR) is 150 cm³/mol. The number of carbonyl (C=O) groups is 2. The highest BCUT2D eigenvalue weighted by Gasteiger charge is 2.16. The van der Waals surface area contributed by atoms with E-state index in [-0.39, 0.29) is 24.3 Å². The Kier molecular flexibility index (Phi) is 13.6. The van der Waals surface area contributed by atoms with Gasteiger partial charge in [0.25, 0.3) is 11.8 Å². The molecule has 8 nitrogen and oxygen atoms in total. The molecule has 0 spiro atoms. The van der Waals surface area contributed by atoms with Crippen LogP contribution in [0.15, 0.2) is 46.7 Å². The summed E-state index contributed by atoms with van der Waals surface area (Å²) in [5, 5.41) is 31.6. The molecule has 194 valence electrons. The summed E-state index contributed by atoms with van der Waals surface area (Å²) in [7, 11) is 2.99. The molecule has 2 aromatic rings. The maximum absolute atomic E-state index is 12.2. The van der Waals surface area contributed by atoms with Gasteiger partial charge in [0.05, 0.1) is 0 Å². The number of amides is 2.